The molecule has 10 heteroatoms. The van der Waals surface area contributed by atoms with E-state index in [4.69, 9.17) is 5.11 Å². The largest absolute Gasteiger partial charge is 0.481 e. The van der Waals surface area contributed by atoms with E-state index in [1.54, 1.807) is 18.0 Å². The second-order valence-corrected chi connectivity index (χ2v) is 10.9. The Labute approximate surface area is 185 Å². The van der Waals surface area contributed by atoms with E-state index in [2.05, 4.69) is 9.97 Å². The Kier molecular flexibility index (Phi) is 4.20. The fraction of sp³-hybridized carbons (Fsp3) is 0.476. The van der Waals surface area contributed by atoms with Gasteiger partial charge >= 0.3 is 10.8 Å². The van der Waals surface area contributed by atoms with E-state index >= 15 is 0 Å². The molecule has 2 aromatic rings. The number of H-pyrrole nitrogens is 1. The molecular weight excluding hydrogens is 438 g/mol. The Morgan fingerprint density at radius 3 is 2.71 bits per heavy atom. The Morgan fingerprint density at radius 1 is 1.23 bits per heavy atom. The third-order valence-corrected chi connectivity index (χ3v) is 10.00. The van der Waals surface area contributed by atoms with Gasteiger partial charge in [0.25, 0.3) is 0 Å². The SMILES string of the molecule is O=C(O)CCN1C(=O)[C@@H]2[C@@H]3C[C@@H]([C@H]4Sc5[nH]c(=O)sc5[C@H](c5cccnc5)[C@@H]34)[C@@H]2C1=O. The van der Waals surface area contributed by atoms with Crippen LogP contribution in [0.5, 0.6) is 0 Å². The Bertz CT molecular complexity index is 1160. The molecule has 1 saturated heterocycles. The summed E-state index contributed by atoms with van der Waals surface area (Å²) in [6, 6.07) is 3.90. The minimum absolute atomic E-state index is 0.0363. The summed E-state index contributed by atoms with van der Waals surface area (Å²) >= 11 is 2.86. The van der Waals surface area contributed by atoms with E-state index in [0.29, 0.717) is 0 Å². The van der Waals surface area contributed by atoms with Gasteiger partial charge in [-0.2, -0.15) is 0 Å². The minimum atomic E-state index is -1.02. The summed E-state index contributed by atoms with van der Waals surface area (Å²) in [7, 11) is 0. The maximum absolute atomic E-state index is 13.2. The van der Waals surface area contributed by atoms with Crippen molar-refractivity contribution in [2.45, 2.75) is 29.0 Å². The normalized spacial score (nSPS) is 35.2. The number of pyridine rings is 1. The van der Waals surface area contributed by atoms with Crippen LogP contribution in [0.3, 0.4) is 0 Å². The average molecular weight is 458 g/mol. The molecule has 0 aromatic carbocycles. The number of hydrogen-bond donors (Lipinski definition) is 2. The molecule has 2 saturated carbocycles. The lowest BCUT2D eigenvalue weighted by atomic mass is 9.68. The average Bonchev–Trinajstić information content (AvgIpc) is 3.46. The van der Waals surface area contributed by atoms with Gasteiger partial charge in [0.15, 0.2) is 0 Å². The van der Waals surface area contributed by atoms with Gasteiger partial charge in [-0.05, 0) is 35.8 Å². The number of aliphatic carboxylic acids is 1. The fourth-order valence-electron chi connectivity index (χ4n) is 6.44. The lowest BCUT2D eigenvalue weighted by molar-refractivity contribution is -0.142. The molecule has 3 fully saturated rings. The Morgan fingerprint density at radius 2 is 2.00 bits per heavy atom. The molecule has 8 nitrogen and oxygen atoms in total. The monoisotopic (exact) mass is 457 g/mol. The fourth-order valence-corrected chi connectivity index (χ4v) is 9.33. The van der Waals surface area contributed by atoms with Crippen LogP contribution in [0.25, 0.3) is 0 Å². The topological polar surface area (TPSA) is 120 Å². The summed E-state index contributed by atoms with van der Waals surface area (Å²) in [4.78, 5) is 58.8. The van der Waals surface area contributed by atoms with Crippen molar-refractivity contribution in [3.63, 3.8) is 0 Å². The van der Waals surface area contributed by atoms with Gasteiger partial charge in [-0.3, -0.25) is 29.1 Å². The molecule has 2 amide bonds. The van der Waals surface area contributed by atoms with Crippen molar-refractivity contribution in [1.82, 2.24) is 14.9 Å². The van der Waals surface area contributed by atoms with Crippen molar-refractivity contribution < 1.29 is 19.5 Å². The molecule has 7 atom stereocenters. The zero-order chi connectivity index (χ0) is 21.4. The molecule has 4 heterocycles. The molecule has 6 rings (SSSR count). The number of thioether (sulfide) groups is 1. The van der Waals surface area contributed by atoms with Crippen molar-refractivity contribution in [3.8, 4) is 0 Å². The number of carboxylic acid groups (broad SMARTS) is 1. The van der Waals surface area contributed by atoms with E-state index in [1.807, 2.05) is 18.3 Å². The highest BCUT2D eigenvalue weighted by Crippen LogP contribution is 2.68. The Hall–Kier alpha value is -2.46. The van der Waals surface area contributed by atoms with Crippen LogP contribution >= 0.6 is 23.1 Å². The van der Waals surface area contributed by atoms with Crippen molar-refractivity contribution in [1.29, 1.82) is 0 Å². The van der Waals surface area contributed by atoms with Crippen molar-refractivity contribution in [2.24, 2.45) is 29.6 Å². The predicted octanol–water partition coefficient (Wildman–Crippen LogP) is 1.78. The predicted molar refractivity (Wildman–Crippen MR) is 112 cm³/mol. The van der Waals surface area contributed by atoms with Crippen LogP contribution < -0.4 is 4.87 Å². The van der Waals surface area contributed by atoms with E-state index in [0.717, 1.165) is 21.9 Å². The number of hydrogen-bond acceptors (Lipinski definition) is 7. The van der Waals surface area contributed by atoms with Gasteiger partial charge in [0.05, 0.1) is 23.3 Å². The van der Waals surface area contributed by atoms with E-state index < -0.39 is 5.97 Å². The zero-order valence-corrected chi connectivity index (χ0v) is 17.9. The number of carboxylic acids is 1. The minimum Gasteiger partial charge on any atom is -0.481 e. The van der Waals surface area contributed by atoms with E-state index in [-0.39, 0.29) is 70.4 Å². The molecule has 2 aliphatic carbocycles. The third-order valence-electron chi connectivity index (χ3n) is 7.41. The summed E-state index contributed by atoms with van der Waals surface area (Å²) < 4.78 is 0. The second-order valence-electron chi connectivity index (χ2n) is 8.72. The van der Waals surface area contributed by atoms with Gasteiger partial charge in [-0.15, -0.1) is 11.8 Å². The second kappa shape index (κ2) is 6.77. The lowest BCUT2D eigenvalue weighted by Gasteiger charge is -2.42. The van der Waals surface area contributed by atoms with Crippen LogP contribution in [0.2, 0.25) is 0 Å². The third kappa shape index (κ3) is 2.64. The van der Waals surface area contributed by atoms with Gasteiger partial charge in [0.1, 0.15) is 0 Å². The molecule has 0 radical (unpaired) electrons. The molecule has 2 bridgehead atoms. The first-order valence-electron chi connectivity index (χ1n) is 10.3. The number of likely N-dealkylation sites (tertiary alicyclic amines) is 1. The number of nitrogens with one attached hydrogen (secondary N) is 1. The molecular formula is C21H19N3O5S2. The summed E-state index contributed by atoms with van der Waals surface area (Å²) in [6.07, 6.45) is 4.13. The number of aromatic nitrogens is 2. The highest BCUT2D eigenvalue weighted by atomic mass is 32.2. The number of rotatable bonds is 4. The molecule has 0 spiro atoms. The van der Waals surface area contributed by atoms with Crippen LogP contribution in [0, 0.1) is 29.6 Å². The molecule has 4 aliphatic rings. The van der Waals surface area contributed by atoms with E-state index in [1.165, 1.54) is 16.2 Å². The standard InChI is InChI=1S/C21H19N3O5S2/c25-11(26)3-5-24-19(27)14-9-6-10(15(14)20(24)28)16-13(9)12(8-2-1-4-22-7-8)17-18(30-16)23-21(29)31-17/h1-2,4,7,9-10,12-16H,3,5-6H2,(H,23,29)(H,25,26)/t9-,10-,12-,13-,14-,15+,16-/m1/s1. The number of imide groups is 1. The van der Waals surface area contributed by atoms with Gasteiger partial charge in [-0.1, -0.05) is 17.4 Å². The van der Waals surface area contributed by atoms with Crippen LogP contribution in [-0.2, 0) is 14.4 Å². The van der Waals surface area contributed by atoms with Gasteiger partial charge < -0.3 is 10.1 Å². The summed E-state index contributed by atoms with van der Waals surface area (Å²) in [5.74, 6) is -2.03. The number of aromatic amines is 1. The van der Waals surface area contributed by atoms with Gasteiger partial charge in [0.2, 0.25) is 11.8 Å². The molecule has 2 N–H and O–H groups in total. The molecule has 31 heavy (non-hydrogen) atoms. The van der Waals surface area contributed by atoms with Gasteiger partial charge in [-0.25, -0.2) is 0 Å². The van der Waals surface area contributed by atoms with Crippen LogP contribution in [0.4, 0.5) is 0 Å². The highest BCUT2D eigenvalue weighted by molar-refractivity contribution is 8.00. The molecule has 0 unspecified atom stereocenters. The van der Waals surface area contributed by atoms with Crippen LogP contribution in [0.1, 0.15) is 29.2 Å². The first kappa shape index (κ1) is 19.2. The number of amides is 2. The summed E-state index contributed by atoms with van der Waals surface area (Å²) in [5.41, 5.74) is 1.03. The molecule has 2 aromatic heterocycles. The van der Waals surface area contributed by atoms with E-state index in [9.17, 15) is 19.2 Å². The lowest BCUT2D eigenvalue weighted by Crippen LogP contribution is -2.42. The van der Waals surface area contributed by atoms with Crippen molar-refractivity contribution in [3.05, 3.63) is 44.6 Å². The van der Waals surface area contributed by atoms with Gasteiger partial charge in [0, 0.05) is 35.0 Å². The summed E-state index contributed by atoms with van der Waals surface area (Å²) in [6.45, 7) is -0.0609. The zero-order valence-electron chi connectivity index (χ0n) is 16.3. The number of nitrogens with zero attached hydrogens (tertiary/aromatic N) is 2. The maximum Gasteiger partial charge on any atom is 0.305 e. The van der Waals surface area contributed by atoms with Crippen molar-refractivity contribution in [2.75, 3.05) is 6.54 Å². The smallest absolute Gasteiger partial charge is 0.305 e. The van der Waals surface area contributed by atoms with Crippen molar-refractivity contribution >= 4 is 40.9 Å². The van der Waals surface area contributed by atoms with Crippen LogP contribution in [0.15, 0.2) is 34.3 Å². The number of fused-ring (bicyclic) bond motifs is 9. The van der Waals surface area contributed by atoms with Crippen LogP contribution in [-0.4, -0.2) is 49.6 Å². The number of carbonyl (C=O) groups is 3. The highest BCUT2D eigenvalue weighted by Gasteiger charge is 2.69. The maximum atomic E-state index is 13.2. The molecule has 2 aliphatic heterocycles. The molecule has 160 valence electrons. The first-order chi connectivity index (χ1) is 15.0. The first-order valence-corrected chi connectivity index (χ1v) is 12.0. The number of thiazole rings is 1. The summed E-state index contributed by atoms with van der Waals surface area (Å²) in [5, 5.41) is 10.0. The number of carbonyl (C=O) groups excluding carboxylic acids is 2. The quantitative estimate of drug-likeness (QED) is 0.672. The Balaban J connectivity index is 1.41.